The summed E-state index contributed by atoms with van der Waals surface area (Å²) in [5, 5.41) is 31.4. The second kappa shape index (κ2) is 13.1. The van der Waals surface area contributed by atoms with E-state index in [0.29, 0.717) is 28.6 Å². The Morgan fingerprint density at radius 3 is 2.58 bits per heavy atom. The molecular formula is C33H33ClN8O3. The van der Waals surface area contributed by atoms with Crippen LogP contribution < -0.4 is 15.8 Å². The largest absolute Gasteiger partial charge is 0.418 e. The predicted molar refractivity (Wildman–Crippen MR) is 173 cm³/mol. The number of halogens is 1. The Balaban J connectivity index is 1.07. The molecule has 11 nitrogen and oxygen atoms in total. The maximum Gasteiger partial charge on any atom is 0.251 e. The minimum Gasteiger partial charge on any atom is -0.418 e. The van der Waals surface area contributed by atoms with Crippen molar-refractivity contribution in [3.63, 3.8) is 0 Å². The van der Waals surface area contributed by atoms with Crippen LogP contribution in [0.25, 0.3) is 22.5 Å². The van der Waals surface area contributed by atoms with Crippen LogP contribution in [-0.4, -0.2) is 62.5 Å². The first-order valence-corrected chi connectivity index (χ1v) is 15.2. The number of aliphatic hydroxyl groups excluding tert-OH is 1. The fourth-order valence-electron chi connectivity index (χ4n) is 5.49. The molecule has 2 atom stereocenters. The number of nitrogens with zero attached hydrogens (tertiary/aromatic N) is 6. The number of benzene rings is 2. The SMILES string of the molecule is CCc1cc2ncc(CN3CCN(c4ccc(-c5nnc(C(Nc6ccc(C#N)c(Cl)c6)C(C)O)o5)cc4)CC3)cc2[nH]c1=O. The molecule has 6 rings (SSSR count). The molecule has 1 aliphatic heterocycles. The average Bonchev–Trinajstić information content (AvgIpc) is 3.54. The van der Waals surface area contributed by atoms with Crippen molar-refractivity contribution in [1.82, 2.24) is 25.1 Å². The number of nitriles is 1. The van der Waals surface area contributed by atoms with Crippen LogP contribution in [0.2, 0.25) is 5.02 Å². The molecule has 5 aromatic rings. The van der Waals surface area contributed by atoms with Gasteiger partial charge in [-0.2, -0.15) is 5.26 Å². The molecule has 0 aliphatic carbocycles. The van der Waals surface area contributed by atoms with Gasteiger partial charge in [-0.25, -0.2) is 0 Å². The lowest BCUT2D eigenvalue weighted by Gasteiger charge is -2.36. The normalized spacial score (nSPS) is 15.1. The fraction of sp³-hybridized carbons (Fsp3) is 0.303. The maximum absolute atomic E-state index is 12.2. The number of nitrogens with one attached hydrogen (secondary N) is 2. The molecule has 0 bridgehead atoms. The van der Waals surface area contributed by atoms with Crippen molar-refractivity contribution in [3.8, 4) is 17.5 Å². The van der Waals surface area contributed by atoms with Crippen LogP contribution in [0.5, 0.6) is 0 Å². The third kappa shape index (κ3) is 6.68. The molecule has 2 unspecified atom stereocenters. The summed E-state index contributed by atoms with van der Waals surface area (Å²) in [4.78, 5) is 24.5. The minimum absolute atomic E-state index is 0.0467. The van der Waals surface area contributed by atoms with E-state index in [4.69, 9.17) is 21.3 Å². The highest BCUT2D eigenvalue weighted by atomic mass is 35.5. The van der Waals surface area contributed by atoms with E-state index in [0.717, 1.165) is 66.1 Å². The molecule has 2 aromatic carbocycles. The summed E-state index contributed by atoms with van der Waals surface area (Å²) in [6, 6.07) is 18.2. The molecule has 4 heterocycles. The predicted octanol–water partition coefficient (Wildman–Crippen LogP) is 4.92. The van der Waals surface area contributed by atoms with Gasteiger partial charge in [-0.05, 0) is 73.5 Å². The number of H-pyrrole nitrogens is 1. The number of aromatic nitrogens is 4. The lowest BCUT2D eigenvalue weighted by Crippen LogP contribution is -2.45. The van der Waals surface area contributed by atoms with Crippen LogP contribution in [0.4, 0.5) is 11.4 Å². The number of aromatic amines is 1. The van der Waals surface area contributed by atoms with E-state index in [-0.39, 0.29) is 11.4 Å². The molecule has 12 heteroatoms. The topological polar surface area (TPSA) is 147 Å². The molecule has 0 spiro atoms. The van der Waals surface area contributed by atoms with Crippen molar-refractivity contribution < 1.29 is 9.52 Å². The second-order valence-corrected chi connectivity index (χ2v) is 11.6. The Morgan fingerprint density at radius 2 is 1.89 bits per heavy atom. The number of aliphatic hydroxyl groups is 1. The number of pyridine rings is 2. The van der Waals surface area contributed by atoms with E-state index in [2.05, 4.69) is 35.3 Å². The Morgan fingerprint density at radius 1 is 1.11 bits per heavy atom. The monoisotopic (exact) mass is 624 g/mol. The number of piperazine rings is 1. The Hall–Kier alpha value is -4.76. The van der Waals surface area contributed by atoms with E-state index >= 15 is 0 Å². The zero-order chi connectivity index (χ0) is 31.5. The third-order valence-corrected chi connectivity index (χ3v) is 8.38. The van der Waals surface area contributed by atoms with Gasteiger partial charge in [-0.1, -0.05) is 18.5 Å². The van der Waals surface area contributed by atoms with Crippen molar-refractivity contribution >= 4 is 34.0 Å². The Bertz CT molecular complexity index is 1910. The van der Waals surface area contributed by atoms with Gasteiger partial charge in [0.15, 0.2) is 0 Å². The Labute approximate surface area is 265 Å². The zero-order valence-corrected chi connectivity index (χ0v) is 25.8. The van der Waals surface area contributed by atoms with E-state index in [1.807, 2.05) is 55.6 Å². The molecule has 3 N–H and O–H groups in total. The third-order valence-electron chi connectivity index (χ3n) is 8.07. The van der Waals surface area contributed by atoms with Gasteiger partial charge in [-0.3, -0.25) is 14.7 Å². The summed E-state index contributed by atoms with van der Waals surface area (Å²) < 4.78 is 5.97. The van der Waals surface area contributed by atoms with Gasteiger partial charge in [0.2, 0.25) is 11.8 Å². The average molecular weight is 625 g/mol. The van der Waals surface area contributed by atoms with Crippen LogP contribution >= 0.6 is 11.6 Å². The van der Waals surface area contributed by atoms with Gasteiger partial charge in [0, 0.05) is 61.4 Å². The van der Waals surface area contributed by atoms with Crippen LogP contribution in [0, 0.1) is 11.3 Å². The summed E-state index contributed by atoms with van der Waals surface area (Å²) >= 11 is 6.17. The summed E-state index contributed by atoms with van der Waals surface area (Å²) in [5.74, 6) is 0.585. The van der Waals surface area contributed by atoms with Crippen LogP contribution in [-0.2, 0) is 13.0 Å². The minimum atomic E-state index is -0.843. The van der Waals surface area contributed by atoms with Crippen molar-refractivity contribution in [2.24, 2.45) is 0 Å². The summed E-state index contributed by atoms with van der Waals surface area (Å²) in [7, 11) is 0. The highest BCUT2D eigenvalue weighted by Gasteiger charge is 2.25. The molecule has 1 saturated heterocycles. The number of fused-ring (bicyclic) bond motifs is 1. The van der Waals surface area contributed by atoms with Gasteiger partial charge in [-0.15, -0.1) is 10.2 Å². The van der Waals surface area contributed by atoms with E-state index < -0.39 is 12.1 Å². The summed E-state index contributed by atoms with van der Waals surface area (Å²) in [6.07, 6.45) is 1.74. The molecule has 230 valence electrons. The first kappa shape index (κ1) is 30.3. The van der Waals surface area contributed by atoms with Crippen molar-refractivity contribution in [1.29, 1.82) is 5.26 Å². The van der Waals surface area contributed by atoms with E-state index in [1.165, 1.54) is 0 Å². The number of hydrogen-bond acceptors (Lipinski definition) is 10. The molecule has 45 heavy (non-hydrogen) atoms. The first-order chi connectivity index (χ1) is 21.8. The lowest BCUT2D eigenvalue weighted by atomic mass is 10.1. The molecule has 1 fully saturated rings. The van der Waals surface area contributed by atoms with Gasteiger partial charge >= 0.3 is 0 Å². The van der Waals surface area contributed by atoms with Crippen molar-refractivity contribution in [2.75, 3.05) is 36.4 Å². The Kier molecular flexibility index (Phi) is 8.80. The van der Waals surface area contributed by atoms with Crippen LogP contribution in [0.3, 0.4) is 0 Å². The van der Waals surface area contributed by atoms with Crippen molar-refractivity contribution in [2.45, 2.75) is 39.0 Å². The molecule has 1 aliphatic rings. The summed E-state index contributed by atoms with van der Waals surface area (Å²) in [6.45, 7) is 7.92. The van der Waals surface area contributed by atoms with Gasteiger partial charge < -0.3 is 24.7 Å². The number of rotatable bonds is 9. The van der Waals surface area contributed by atoms with Crippen molar-refractivity contribution in [3.05, 3.63) is 98.8 Å². The van der Waals surface area contributed by atoms with Crippen LogP contribution in [0.1, 0.15) is 42.5 Å². The molecule has 3 aromatic heterocycles. The number of hydrogen-bond donors (Lipinski definition) is 3. The number of aryl methyl sites for hydroxylation is 1. The van der Waals surface area contributed by atoms with Gasteiger partial charge in [0.25, 0.3) is 5.56 Å². The van der Waals surface area contributed by atoms with Gasteiger partial charge in [0.1, 0.15) is 12.1 Å². The van der Waals surface area contributed by atoms with Crippen LogP contribution in [0.15, 0.2) is 70.0 Å². The molecule has 0 saturated carbocycles. The molecule has 0 amide bonds. The van der Waals surface area contributed by atoms with E-state index in [1.54, 1.807) is 25.1 Å². The first-order valence-electron chi connectivity index (χ1n) is 14.9. The standard InChI is InChI=1S/C33H33ClN8O3/c1-3-22-15-28-29(38-31(22)44)14-21(18-36-28)19-41-10-12-42(13-11-41)26-8-5-23(6-9-26)32-39-40-33(45-32)30(20(2)43)37-25-7-4-24(17-35)27(34)16-25/h4-9,14-16,18,20,30,37,43H,3,10-13,19H2,1-2H3,(H,38,44). The molecule has 0 radical (unpaired) electrons. The zero-order valence-electron chi connectivity index (χ0n) is 25.0. The fourth-order valence-corrected chi connectivity index (χ4v) is 5.72. The molecular weight excluding hydrogens is 592 g/mol. The second-order valence-electron chi connectivity index (χ2n) is 11.2. The maximum atomic E-state index is 12.2. The smallest absolute Gasteiger partial charge is 0.251 e. The quantitative estimate of drug-likeness (QED) is 0.206. The number of anilines is 2. The van der Waals surface area contributed by atoms with Gasteiger partial charge in [0.05, 0.1) is 27.7 Å². The summed E-state index contributed by atoms with van der Waals surface area (Å²) in [5.41, 5.74) is 6.23. The highest BCUT2D eigenvalue weighted by molar-refractivity contribution is 6.32. The van der Waals surface area contributed by atoms with E-state index in [9.17, 15) is 9.90 Å². The highest BCUT2D eigenvalue weighted by Crippen LogP contribution is 2.29. The lowest BCUT2D eigenvalue weighted by molar-refractivity contribution is 0.160.